The molecule has 4 nitrogen and oxygen atoms in total. The van der Waals surface area contributed by atoms with E-state index < -0.39 is 0 Å². The molecule has 1 heterocycles. The average Bonchev–Trinajstić information content (AvgIpc) is 1.91. The quantitative estimate of drug-likeness (QED) is 0.325. The van der Waals surface area contributed by atoms with Crippen molar-refractivity contribution in [3.05, 3.63) is 0 Å². The summed E-state index contributed by atoms with van der Waals surface area (Å²) in [6.45, 7) is 0. The van der Waals surface area contributed by atoms with Crippen LogP contribution in [0.1, 0.15) is 0 Å². The van der Waals surface area contributed by atoms with E-state index in [-0.39, 0.29) is 0 Å². The Balaban J connectivity index is 3.12. The molecule has 0 amide bonds. The van der Waals surface area contributed by atoms with Gasteiger partial charge >= 0.3 is 0 Å². The summed E-state index contributed by atoms with van der Waals surface area (Å²) in [7, 11) is 1.72. The summed E-state index contributed by atoms with van der Waals surface area (Å²) in [4.78, 5) is 0. The molecule has 0 aliphatic heterocycles. The van der Waals surface area contributed by atoms with Gasteiger partial charge in [0, 0.05) is 0 Å². The number of tetrazole rings is 1. The van der Waals surface area contributed by atoms with Gasteiger partial charge in [0.25, 0.3) is 7.98 Å². The van der Waals surface area contributed by atoms with E-state index in [1.165, 1.54) is 4.59 Å². The first kappa shape index (κ1) is 4.64. The average molecular weight is 114 g/mol. The van der Waals surface area contributed by atoms with E-state index in [0.29, 0.717) is 5.16 Å². The lowest BCUT2D eigenvalue weighted by atomic mass is 10.5. The molecule has 0 N–H and O–H groups in total. The molecule has 7 heavy (non-hydrogen) atoms. The van der Waals surface area contributed by atoms with Gasteiger partial charge in [-0.1, -0.05) is 5.21 Å². The van der Waals surface area contributed by atoms with Gasteiger partial charge in [0.05, 0.1) is 0 Å². The number of nitrogens with zero attached hydrogens (tertiary/aromatic N) is 4. The normalized spacial score (nSPS) is 9.29. The number of thiol groups is 1. The predicted molar refractivity (Wildman–Crippen MR) is 29.0 cm³/mol. The van der Waals surface area contributed by atoms with E-state index in [1.54, 1.807) is 7.98 Å². The van der Waals surface area contributed by atoms with Crippen molar-refractivity contribution in [3.63, 3.8) is 0 Å². The SMILES string of the molecule is Bn1nnnc1S. The van der Waals surface area contributed by atoms with Crippen molar-refractivity contribution in [2.24, 2.45) is 0 Å². The van der Waals surface area contributed by atoms with Crippen molar-refractivity contribution >= 4 is 20.6 Å². The monoisotopic (exact) mass is 114 g/mol. The number of hydrogen-bond acceptors (Lipinski definition) is 4. The topological polar surface area (TPSA) is 43.6 Å². The molecule has 0 radical (unpaired) electrons. The minimum absolute atomic E-state index is 0.528. The third kappa shape index (κ3) is 0.740. The van der Waals surface area contributed by atoms with Crippen molar-refractivity contribution in [2.45, 2.75) is 5.16 Å². The summed E-state index contributed by atoms with van der Waals surface area (Å²) < 4.78 is 1.48. The van der Waals surface area contributed by atoms with Crippen LogP contribution in [-0.2, 0) is 0 Å². The van der Waals surface area contributed by atoms with Crippen molar-refractivity contribution in [1.82, 2.24) is 20.1 Å². The fourth-order valence-electron chi connectivity index (χ4n) is 0.225. The summed E-state index contributed by atoms with van der Waals surface area (Å²) in [6.07, 6.45) is 0. The largest absolute Gasteiger partial charge is 0.278 e. The Morgan fingerprint density at radius 2 is 2.43 bits per heavy atom. The zero-order valence-electron chi connectivity index (χ0n) is 3.74. The number of rotatable bonds is 0. The summed E-state index contributed by atoms with van der Waals surface area (Å²) in [5.74, 6) is 0. The molecule has 0 aliphatic rings. The third-order valence-corrected chi connectivity index (χ3v) is 0.977. The van der Waals surface area contributed by atoms with Gasteiger partial charge in [0.1, 0.15) is 0 Å². The molecular weight excluding hydrogens is 111 g/mol. The standard InChI is InChI=1S/CH3BN4S/c2-6-1(7)3-4-5-6/h2H2,(H,3,5,7). The summed E-state index contributed by atoms with van der Waals surface area (Å²) >= 11 is 3.88. The van der Waals surface area contributed by atoms with E-state index >= 15 is 0 Å². The minimum Gasteiger partial charge on any atom is -0.278 e. The Morgan fingerprint density at radius 1 is 1.71 bits per heavy atom. The molecule has 1 aromatic rings. The van der Waals surface area contributed by atoms with Gasteiger partial charge in [-0.15, -0.1) is 17.7 Å². The van der Waals surface area contributed by atoms with Crippen LogP contribution in [0.2, 0.25) is 0 Å². The Kier molecular flexibility index (Phi) is 1.02. The fraction of sp³-hybridized carbons (Fsp3) is 0. The highest BCUT2D eigenvalue weighted by molar-refractivity contribution is 7.80. The Bertz CT molecular complexity index is 144. The van der Waals surface area contributed by atoms with Crippen molar-refractivity contribution in [2.75, 3.05) is 0 Å². The highest BCUT2D eigenvalue weighted by Crippen LogP contribution is 1.89. The Morgan fingerprint density at radius 3 is 2.57 bits per heavy atom. The zero-order chi connectivity index (χ0) is 5.28. The molecular formula is CH3BN4S. The smallest absolute Gasteiger partial charge is 0.254 e. The van der Waals surface area contributed by atoms with Gasteiger partial charge in [-0.2, -0.15) is 0 Å². The van der Waals surface area contributed by atoms with Gasteiger partial charge in [-0.3, -0.25) is 4.59 Å². The molecule has 1 aromatic heterocycles. The molecule has 1 rings (SSSR count). The fourth-order valence-corrected chi connectivity index (χ4v) is 0.305. The van der Waals surface area contributed by atoms with Gasteiger partial charge < -0.3 is 0 Å². The van der Waals surface area contributed by atoms with Crippen LogP contribution in [-0.4, -0.2) is 28.1 Å². The predicted octanol–water partition coefficient (Wildman–Crippen LogP) is -1.64. The maximum atomic E-state index is 3.88. The second kappa shape index (κ2) is 1.53. The second-order valence-electron chi connectivity index (χ2n) is 1.10. The van der Waals surface area contributed by atoms with Crippen LogP contribution in [0.5, 0.6) is 0 Å². The van der Waals surface area contributed by atoms with E-state index in [0.717, 1.165) is 0 Å². The summed E-state index contributed by atoms with van der Waals surface area (Å²) in [6, 6.07) is 0. The van der Waals surface area contributed by atoms with E-state index in [2.05, 4.69) is 28.2 Å². The highest BCUT2D eigenvalue weighted by Gasteiger charge is 1.88. The van der Waals surface area contributed by atoms with Crippen LogP contribution in [0.25, 0.3) is 0 Å². The number of hydrogen-bond donors (Lipinski definition) is 1. The van der Waals surface area contributed by atoms with Crippen LogP contribution >= 0.6 is 12.6 Å². The molecule has 0 saturated heterocycles. The molecule has 0 saturated carbocycles. The third-order valence-electron chi connectivity index (χ3n) is 0.598. The second-order valence-corrected chi connectivity index (χ2v) is 1.50. The Hall–Kier alpha value is -0.515. The summed E-state index contributed by atoms with van der Waals surface area (Å²) in [5.41, 5.74) is 0. The molecule has 0 unspecified atom stereocenters. The van der Waals surface area contributed by atoms with Crippen molar-refractivity contribution < 1.29 is 0 Å². The number of aromatic nitrogens is 4. The zero-order valence-corrected chi connectivity index (χ0v) is 4.63. The molecule has 0 atom stereocenters. The van der Waals surface area contributed by atoms with Crippen LogP contribution in [0.15, 0.2) is 5.16 Å². The minimum atomic E-state index is 0.528. The molecule has 0 bridgehead atoms. The molecule has 0 fully saturated rings. The van der Waals surface area contributed by atoms with Crippen LogP contribution < -0.4 is 0 Å². The van der Waals surface area contributed by atoms with Gasteiger partial charge in [-0.05, 0) is 5.21 Å². The maximum Gasteiger partial charge on any atom is 0.254 e. The van der Waals surface area contributed by atoms with E-state index in [4.69, 9.17) is 0 Å². The molecule has 0 aliphatic carbocycles. The van der Waals surface area contributed by atoms with Crippen LogP contribution in [0.3, 0.4) is 0 Å². The van der Waals surface area contributed by atoms with Crippen LogP contribution in [0, 0.1) is 0 Å². The van der Waals surface area contributed by atoms with E-state index in [9.17, 15) is 0 Å². The molecule has 36 valence electrons. The molecule has 0 spiro atoms. The van der Waals surface area contributed by atoms with Gasteiger partial charge in [0.15, 0.2) is 5.16 Å². The van der Waals surface area contributed by atoms with Gasteiger partial charge in [0.2, 0.25) is 0 Å². The summed E-state index contributed by atoms with van der Waals surface area (Å²) in [5, 5.41) is 10.8. The lowest BCUT2D eigenvalue weighted by Crippen LogP contribution is -1.93. The first-order valence-corrected chi connectivity index (χ1v) is 2.17. The highest BCUT2D eigenvalue weighted by atomic mass is 32.1. The van der Waals surface area contributed by atoms with Gasteiger partial charge in [-0.25, -0.2) is 0 Å². The first-order valence-electron chi connectivity index (χ1n) is 1.72. The lowest BCUT2D eigenvalue weighted by Gasteiger charge is -1.80. The lowest BCUT2D eigenvalue weighted by molar-refractivity contribution is 0.834. The Labute approximate surface area is 46.7 Å². The van der Waals surface area contributed by atoms with Crippen molar-refractivity contribution in [1.29, 1.82) is 0 Å². The first-order chi connectivity index (χ1) is 3.30. The maximum absolute atomic E-state index is 3.88. The van der Waals surface area contributed by atoms with E-state index in [1.807, 2.05) is 0 Å². The van der Waals surface area contributed by atoms with Crippen LogP contribution in [0.4, 0.5) is 0 Å². The molecule has 0 aromatic carbocycles. The molecule has 6 heteroatoms. The van der Waals surface area contributed by atoms with Crippen molar-refractivity contribution in [3.8, 4) is 0 Å².